The van der Waals surface area contributed by atoms with Crippen molar-refractivity contribution in [1.29, 1.82) is 0 Å². The molecular weight excluding hydrogens is 360 g/mol. The maximum Gasteiger partial charge on any atom is 0.292 e. The van der Waals surface area contributed by atoms with Gasteiger partial charge in [-0.25, -0.2) is 4.98 Å². The van der Waals surface area contributed by atoms with Gasteiger partial charge in [-0.2, -0.15) is 4.98 Å². The Morgan fingerprint density at radius 2 is 2.04 bits per heavy atom. The number of hydrogen-bond acceptors (Lipinski definition) is 6. The fourth-order valence-electron chi connectivity index (χ4n) is 3.05. The fourth-order valence-corrected chi connectivity index (χ4v) is 3.05. The molecule has 28 heavy (non-hydrogen) atoms. The van der Waals surface area contributed by atoms with Crippen molar-refractivity contribution < 1.29 is 14.0 Å². The summed E-state index contributed by atoms with van der Waals surface area (Å²) in [6.45, 7) is 1.77. The Labute approximate surface area is 159 Å². The molecule has 3 heterocycles. The zero-order valence-corrected chi connectivity index (χ0v) is 15.0. The summed E-state index contributed by atoms with van der Waals surface area (Å²) in [6.07, 6.45) is 3.67. The number of hydrogen-bond donors (Lipinski definition) is 3. The largest absolute Gasteiger partial charge is 0.424 e. The second kappa shape index (κ2) is 6.69. The van der Waals surface area contributed by atoms with Crippen molar-refractivity contribution in [2.45, 2.75) is 19.4 Å². The van der Waals surface area contributed by atoms with Gasteiger partial charge in [0.2, 0.25) is 5.91 Å². The molecule has 142 valence electrons. The third-order valence-electron chi connectivity index (χ3n) is 4.53. The Bertz CT molecular complexity index is 1210. The number of primary amides is 1. The number of nitrogens with zero attached hydrogens (tertiary/aromatic N) is 3. The molecule has 4 rings (SSSR count). The normalized spacial score (nSPS) is 12.3. The van der Waals surface area contributed by atoms with Gasteiger partial charge in [0, 0.05) is 6.20 Å². The van der Waals surface area contributed by atoms with Gasteiger partial charge in [-0.3, -0.25) is 14.0 Å². The van der Waals surface area contributed by atoms with Crippen molar-refractivity contribution in [1.82, 2.24) is 19.7 Å². The minimum absolute atomic E-state index is 0.107. The Morgan fingerprint density at radius 1 is 1.25 bits per heavy atom. The van der Waals surface area contributed by atoms with Crippen LogP contribution < -0.4 is 16.8 Å². The predicted molar refractivity (Wildman–Crippen MR) is 103 cm³/mol. The van der Waals surface area contributed by atoms with Crippen LogP contribution in [-0.4, -0.2) is 32.2 Å². The number of amides is 2. The van der Waals surface area contributed by atoms with Crippen LogP contribution in [0.3, 0.4) is 0 Å². The Kier molecular flexibility index (Phi) is 4.19. The first-order chi connectivity index (χ1) is 13.5. The van der Waals surface area contributed by atoms with Gasteiger partial charge in [-0.1, -0.05) is 13.0 Å². The van der Waals surface area contributed by atoms with Crippen molar-refractivity contribution in [3.8, 4) is 11.1 Å². The summed E-state index contributed by atoms with van der Waals surface area (Å²) in [6, 6.07) is 8.60. The minimum Gasteiger partial charge on any atom is -0.424 e. The smallest absolute Gasteiger partial charge is 0.292 e. The maximum atomic E-state index is 12.6. The molecule has 0 saturated heterocycles. The molecule has 1 atom stereocenters. The van der Waals surface area contributed by atoms with Crippen LogP contribution in [0.5, 0.6) is 0 Å². The van der Waals surface area contributed by atoms with Crippen LogP contribution in [0.15, 0.2) is 47.1 Å². The van der Waals surface area contributed by atoms with Crippen LogP contribution in [0.25, 0.3) is 27.9 Å². The molecule has 9 nitrogen and oxygen atoms in total. The molecule has 0 aliphatic heterocycles. The first kappa shape index (κ1) is 17.5. The average molecular weight is 378 g/mol. The van der Waals surface area contributed by atoms with Gasteiger partial charge in [-0.05, 0) is 41.8 Å². The van der Waals surface area contributed by atoms with Crippen LogP contribution in [0, 0.1) is 0 Å². The number of nitrogen functional groups attached to an aromatic ring is 1. The highest BCUT2D eigenvalue weighted by Crippen LogP contribution is 2.26. The van der Waals surface area contributed by atoms with E-state index in [0.29, 0.717) is 28.9 Å². The van der Waals surface area contributed by atoms with E-state index in [-0.39, 0.29) is 6.01 Å². The fraction of sp³-hybridized carbons (Fsp3) is 0.158. The summed E-state index contributed by atoms with van der Waals surface area (Å²) < 4.78 is 6.96. The molecule has 0 spiro atoms. The molecule has 0 saturated carbocycles. The van der Waals surface area contributed by atoms with Gasteiger partial charge >= 0.3 is 0 Å². The minimum atomic E-state index is -0.735. The SMILES string of the molecule is CCC(NC(=O)c1cnc2ccc(-c3ccc4oc(N)nc4c3)cn12)C(N)=O. The molecule has 4 aromatic rings. The van der Waals surface area contributed by atoms with Gasteiger partial charge in [-0.15, -0.1) is 0 Å². The number of fused-ring (bicyclic) bond motifs is 2. The number of carbonyl (C=O) groups excluding carboxylic acids is 2. The summed E-state index contributed by atoms with van der Waals surface area (Å²) in [4.78, 5) is 32.4. The van der Waals surface area contributed by atoms with Crippen molar-refractivity contribution in [3.05, 3.63) is 48.4 Å². The van der Waals surface area contributed by atoms with Gasteiger partial charge in [0.05, 0.1) is 6.20 Å². The third-order valence-corrected chi connectivity index (χ3v) is 4.53. The van der Waals surface area contributed by atoms with Crippen LogP contribution in [0.4, 0.5) is 6.01 Å². The number of benzene rings is 1. The highest BCUT2D eigenvalue weighted by atomic mass is 16.4. The first-order valence-corrected chi connectivity index (χ1v) is 8.70. The lowest BCUT2D eigenvalue weighted by Crippen LogP contribution is -2.44. The Balaban J connectivity index is 1.72. The molecule has 0 fully saturated rings. The van der Waals surface area contributed by atoms with Crippen LogP contribution >= 0.6 is 0 Å². The van der Waals surface area contributed by atoms with E-state index < -0.39 is 17.9 Å². The van der Waals surface area contributed by atoms with Gasteiger partial charge < -0.3 is 21.2 Å². The van der Waals surface area contributed by atoms with Crippen molar-refractivity contribution in [3.63, 3.8) is 0 Å². The number of nitrogens with one attached hydrogen (secondary N) is 1. The number of anilines is 1. The molecular formula is C19H18N6O3. The number of carbonyl (C=O) groups is 2. The van der Waals surface area contributed by atoms with Crippen LogP contribution in [0.1, 0.15) is 23.8 Å². The first-order valence-electron chi connectivity index (χ1n) is 8.70. The zero-order valence-electron chi connectivity index (χ0n) is 15.0. The third kappa shape index (κ3) is 3.02. The molecule has 1 aromatic carbocycles. The van der Waals surface area contributed by atoms with Gasteiger partial charge in [0.25, 0.3) is 11.9 Å². The van der Waals surface area contributed by atoms with E-state index in [4.69, 9.17) is 15.9 Å². The van der Waals surface area contributed by atoms with E-state index >= 15 is 0 Å². The van der Waals surface area contributed by atoms with E-state index in [0.717, 1.165) is 11.1 Å². The zero-order chi connectivity index (χ0) is 19.8. The van der Waals surface area contributed by atoms with Crippen LogP contribution in [0.2, 0.25) is 0 Å². The monoisotopic (exact) mass is 378 g/mol. The lowest BCUT2D eigenvalue weighted by Gasteiger charge is -2.13. The molecule has 0 radical (unpaired) electrons. The highest BCUT2D eigenvalue weighted by Gasteiger charge is 2.19. The number of aromatic nitrogens is 3. The number of nitrogens with two attached hydrogens (primary N) is 2. The quantitative estimate of drug-likeness (QED) is 0.483. The number of rotatable bonds is 5. The molecule has 0 aliphatic carbocycles. The number of pyridine rings is 1. The summed E-state index contributed by atoms with van der Waals surface area (Å²) in [5.74, 6) is -0.999. The lowest BCUT2D eigenvalue weighted by molar-refractivity contribution is -0.119. The second-order valence-corrected chi connectivity index (χ2v) is 6.36. The predicted octanol–water partition coefficient (Wildman–Crippen LogP) is 1.72. The van der Waals surface area contributed by atoms with Crippen molar-refractivity contribution >= 4 is 34.6 Å². The number of imidazole rings is 1. The van der Waals surface area contributed by atoms with Crippen molar-refractivity contribution in [2.75, 3.05) is 5.73 Å². The van der Waals surface area contributed by atoms with E-state index in [2.05, 4.69) is 15.3 Å². The molecule has 0 bridgehead atoms. The molecule has 1 unspecified atom stereocenters. The number of oxazole rings is 1. The average Bonchev–Trinajstić information content (AvgIpc) is 3.26. The van der Waals surface area contributed by atoms with Gasteiger partial charge in [0.1, 0.15) is 22.9 Å². The van der Waals surface area contributed by atoms with E-state index in [9.17, 15) is 9.59 Å². The van der Waals surface area contributed by atoms with E-state index in [1.54, 1.807) is 29.7 Å². The standard InChI is InChI=1S/C19H18N6O3/c1-2-12(17(20)26)23-18(27)14-8-22-16-6-4-11(9-25(14)16)10-3-5-15-13(7-10)24-19(21)28-15/h3-9,12H,2H2,1H3,(H2,20,26)(H2,21,24)(H,23,27). The molecule has 9 heteroatoms. The Hall–Kier alpha value is -3.88. The molecule has 5 N–H and O–H groups in total. The highest BCUT2D eigenvalue weighted by molar-refractivity contribution is 5.96. The van der Waals surface area contributed by atoms with E-state index in [1.165, 1.54) is 6.20 Å². The molecule has 2 amide bonds. The summed E-state index contributed by atoms with van der Waals surface area (Å²) >= 11 is 0. The molecule has 0 aliphatic rings. The summed E-state index contributed by atoms with van der Waals surface area (Å²) in [5, 5.41) is 2.64. The van der Waals surface area contributed by atoms with E-state index in [1.807, 2.05) is 18.2 Å². The summed E-state index contributed by atoms with van der Waals surface area (Å²) in [5.41, 5.74) is 14.8. The maximum absolute atomic E-state index is 12.6. The Morgan fingerprint density at radius 3 is 2.79 bits per heavy atom. The summed E-state index contributed by atoms with van der Waals surface area (Å²) in [7, 11) is 0. The second-order valence-electron chi connectivity index (χ2n) is 6.36. The van der Waals surface area contributed by atoms with Crippen LogP contribution in [-0.2, 0) is 4.79 Å². The lowest BCUT2D eigenvalue weighted by atomic mass is 10.1. The topological polar surface area (TPSA) is 142 Å². The molecule has 3 aromatic heterocycles. The van der Waals surface area contributed by atoms with Gasteiger partial charge in [0.15, 0.2) is 5.58 Å². The van der Waals surface area contributed by atoms with Crippen molar-refractivity contribution in [2.24, 2.45) is 5.73 Å².